The van der Waals surface area contributed by atoms with Crippen LogP contribution in [-0.2, 0) is 6.18 Å². The van der Waals surface area contributed by atoms with Crippen LogP contribution < -0.4 is 5.73 Å². The highest BCUT2D eigenvalue weighted by Gasteiger charge is 2.30. The van der Waals surface area contributed by atoms with Crippen LogP contribution in [0.1, 0.15) is 28.8 Å². The number of benzene rings is 1. The molecule has 1 aliphatic rings. The molecule has 1 aliphatic heterocycles. The smallest absolute Gasteiger partial charge is 0.339 e. The van der Waals surface area contributed by atoms with Gasteiger partial charge in [0.1, 0.15) is 0 Å². The molecule has 6 heteroatoms. The summed E-state index contributed by atoms with van der Waals surface area (Å²) in [6.07, 6.45) is -2.67. The fraction of sp³-hybridized carbons (Fsp3) is 0.500. The second kappa shape index (κ2) is 5.83. The van der Waals surface area contributed by atoms with Crippen LogP contribution in [0.4, 0.5) is 13.2 Å². The maximum Gasteiger partial charge on any atom is 0.416 e. The molecule has 2 rings (SSSR count). The van der Waals surface area contributed by atoms with E-state index in [4.69, 9.17) is 5.73 Å². The molecule has 1 saturated heterocycles. The van der Waals surface area contributed by atoms with Gasteiger partial charge in [0.2, 0.25) is 0 Å². The Hall–Kier alpha value is -1.56. The first-order chi connectivity index (χ1) is 9.41. The molecule has 1 fully saturated rings. The SMILES string of the molecule is NCC1CCN(C(=O)c2ccc(C(F)(F)F)cc2)CC1. The zero-order valence-corrected chi connectivity index (χ0v) is 11.0. The molecule has 0 bridgehead atoms. The predicted molar refractivity (Wildman–Crippen MR) is 69.1 cm³/mol. The Balaban J connectivity index is 2.03. The van der Waals surface area contributed by atoms with Gasteiger partial charge in [-0.25, -0.2) is 0 Å². The largest absolute Gasteiger partial charge is 0.416 e. The average molecular weight is 286 g/mol. The Morgan fingerprint density at radius 1 is 1.20 bits per heavy atom. The highest BCUT2D eigenvalue weighted by molar-refractivity contribution is 5.94. The number of nitrogens with zero attached hydrogens (tertiary/aromatic N) is 1. The van der Waals surface area contributed by atoms with Crippen LogP contribution in [0.2, 0.25) is 0 Å². The summed E-state index contributed by atoms with van der Waals surface area (Å²) in [5, 5.41) is 0. The van der Waals surface area contributed by atoms with Gasteiger partial charge in [0.25, 0.3) is 5.91 Å². The predicted octanol–water partition coefficient (Wildman–Crippen LogP) is 2.52. The standard InChI is InChI=1S/C14H17F3N2O/c15-14(16,17)12-3-1-11(2-4-12)13(20)19-7-5-10(9-18)6-8-19/h1-4,10H,5-9,18H2. The Kier molecular flexibility index (Phi) is 4.32. The molecule has 110 valence electrons. The normalized spacial score (nSPS) is 17.3. The van der Waals surface area contributed by atoms with Crippen LogP contribution in [0, 0.1) is 5.92 Å². The van der Waals surface area contributed by atoms with Crippen molar-refractivity contribution in [2.45, 2.75) is 19.0 Å². The number of carbonyl (C=O) groups is 1. The van der Waals surface area contributed by atoms with Crippen molar-refractivity contribution in [2.75, 3.05) is 19.6 Å². The monoisotopic (exact) mass is 286 g/mol. The summed E-state index contributed by atoms with van der Waals surface area (Å²) < 4.78 is 37.4. The summed E-state index contributed by atoms with van der Waals surface area (Å²) in [6.45, 7) is 1.84. The lowest BCUT2D eigenvalue weighted by molar-refractivity contribution is -0.137. The third-order valence-corrected chi connectivity index (χ3v) is 3.69. The van der Waals surface area contributed by atoms with Gasteiger partial charge >= 0.3 is 6.18 Å². The van der Waals surface area contributed by atoms with Crippen LogP contribution in [0.25, 0.3) is 0 Å². The Morgan fingerprint density at radius 3 is 2.20 bits per heavy atom. The Morgan fingerprint density at radius 2 is 1.75 bits per heavy atom. The van der Waals surface area contributed by atoms with E-state index in [1.54, 1.807) is 4.90 Å². The number of halogens is 3. The fourth-order valence-corrected chi connectivity index (χ4v) is 2.36. The highest BCUT2D eigenvalue weighted by atomic mass is 19.4. The summed E-state index contributed by atoms with van der Waals surface area (Å²) in [5.41, 5.74) is 5.14. The van der Waals surface area contributed by atoms with Gasteiger partial charge in [-0.05, 0) is 49.6 Å². The van der Waals surface area contributed by atoms with Crippen molar-refractivity contribution < 1.29 is 18.0 Å². The molecule has 0 radical (unpaired) electrons. The molecule has 0 aliphatic carbocycles. The number of amides is 1. The fourth-order valence-electron chi connectivity index (χ4n) is 2.36. The first-order valence-corrected chi connectivity index (χ1v) is 6.58. The molecule has 1 heterocycles. The van der Waals surface area contributed by atoms with E-state index in [9.17, 15) is 18.0 Å². The van der Waals surface area contributed by atoms with Crippen LogP contribution in [0.5, 0.6) is 0 Å². The number of nitrogens with two attached hydrogens (primary N) is 1. The lowest BCUT2D eigenvalue weighted by Gasteiger charge is -2.31. The van der Waals surface area contributed by atoms with E-state index in [0.29, 0.717) is 31.1 Å². The van der Waals surface area contributed by atoms with Crippen LogP contribution in [0.15, 0.2) is 24.3 Å². The van der Waals surface area contributed by atoms with Crippen molar-refractivity contribution >= 4 is 5.91 Å². The zero-order chi connectivity index (χ0) is 14.8. The quantitative estimate of drug-likeness (QED) is 0.908. The van der Waals surface area contributed by atoms with E-state index in [2.05, 4.69) is 0 Å². The number of piperidine rings is 1. The minimum atomic E-state index is -4.37. The third-order valence-electron chi connectivity index (χ3n) is 3.69. The number of alkyl halides is 3. The zero-order valence-electron chi connectivity index (χ0n) is 11.0. The molecule has 3 nitrogen and oxygen atoms in total. The van der Waals surface area contributed by atoms with Crippen molar-refractivity contribution in [2.24, 2.45) is 11.7 Å². The number of hydrogen-bond donors (Lipinski definition) is 1. The van der Waals surface area contributed by atoms with E-state index in [-0.39, 0.29) is 5.91 Å². The molecule has 20 heavy (non-hydrogen) atoms. The molecular weight excluding hydrogens is 269 g/mol. The second-order valence-electron chi connectivity index (χ2n) is 5.05. The third kappa shape index (κ3) is 3.30. The van der Waals surface area contributed by atoms with Gasteiger partial charge in [0, 0.05) is 18.7 Å². The molecule has 0 spiro atoms. The van der Waals surface area contributed by atoms with E-state index >= 15 is 0 Å². The van der Waals surface area contributed by atoms with Gasteiger partial charge < -0.3 is 10.6 Å². The minimum Gasteiger partial charge on any atom is -0.339 e. The number of rotatable bonds is 2. The van der Waals surface area contributed by atoms with E-state index < -0.39 is 11.7 Å². The molecule has 1 amide bonds. The minimum absolute atomic E-state index is 0.214. The topological polar surface area (TPSA) is 46.3 Å². The van der Waals surface area contributed by atoms with Crippen LogP contribution >= 0.6 is 0 Å². The van der Waals surface area contributed by atoms with E-state index in [1.165, 1.54) is 12.1 Å². The molecule has 2 N–H and O–H groups in total. The molecule has 0 aromatic heterocycles. The maximum absolute atomic E-state index is 12.5. The van der Waals surface area contributed by atoms with Gasteiger partial charge in [-0.1, -0.05) is 0 Å². The summed E-state index contributed by atoms with van der Waals surface area (Å²) in [4.78, 5) is 13.8. The van der Waals surface area contributed by atoms with Crippen molar-refractivity contribution in [3.63, 3.8) is 0 Å². The Labute approximate surface area is 115 Å². The van der Waals surface area contributed by atoms with Crippen molar-refractivity contribution in [3.05, 3.63) is 35.4 Å². The first-order valence-electron chi connectivity index (χ1n) is 6.58. The van der Waals surface area contributed by atoms with Crippen molar-refractivity contribution in [1.29, 1.82) is 0 Å². The first kappa shape index (κ1) is 14.8. The summed E-state index contributed by atoms with van der Waals surface area (Å²) in [7, 11) is 0. The van der Waals surface area contributed by atoms with Gasteiger partial charge in [0.15, 0.2) is 0 Å². The van der Waals surface area contributed by atoms with Crippen LogP contribution in [0.3, 0.4) is 0 Å². The molecule has 1 aromatic carbocycles. The number of carbonyl (C=O) groups excluding carboxylic acids is 1. The van der Waals surface area contributed by atoms with Gasteiger partial charge in [-0.2, -0.15) is 13.2 Å². The molecule has 1 aromatic rings. The number of hydrogen-bond acceptors (Lipinski definition) is 2. The molecule has 0 saturated carbocycles. The second-order valence-corrected chi connectivity index (χ2v) is 5.05. The molecular formula is C14H17F3N2O. The summed E-state index contributed by atoms with van der Waals surface area (Å²) in [6, 6.07) is 4.36. The van der Waals surface area contributed by atoms with Gasteiger partial charge in [-0.3, -0.25) is 4.79 Å². The van der Waals surface area contributed by atoms with Crippen molar-refractivity contribution in [1.82, 2.24) is 4.90 Å². The summed E-state index contributed by atoms with van der Waals surface area (Å²) in [5.74, 6) is 0.223. The lowest BCUT2D eigenvalue weighted by atomic mass is 9.96. The average Bonchev–Trinajstić information content (AvgIpc) is 2.46. The van der Waals surface area contributed by atoms with Gasteiger partial charge in [-0.15, -0.1) is 0 Å². The van der Waals surface area contributed by atoms with Gasteiger partial charge in [0.05, 0.1) is 5.56 Å². The summed E-state index contributed by atoms with van der Waals surface area (Å²) >= 11 is 0. The van der Waals surface area contributed by atoms with E-state index in [0.717, 1.165) is 25.0 Å². The maximum atomic E-state index is 12.5. The van der Waals surface area contributed by atoms with Crippen LogP contribution in [-0.4, -0.2) is 30.4 Å². The Bertz CT molecular complexity index is 462. The highest BCUT2D eigenvalue weighted by Crippen LogP contribution is 2.29. The molecule has 0 atom stereocenters. The number of likely N-dealkylation sites (tertiary alicyclic amines) is 1. The van der Waals surface area contributed by atoms with E-state index in [1.807, 2.05) is 0 Å². The molecule has 0 unspecified atom stereocenters. The van der Waals surface area contributed by atoms with Crippen molar-refractivity contribution in [3.8, 4) is 0 Å². The lowest BCUT2D eigenvalue weighted by Crippen LogP contribution is -2.40.